The van der Waals surface area contributed by atoms with Crippen molar-refractivity contribution in [2.24, 2.45) is 17.8 Å². The first-order chi connectivity index (χ1) is 39.2. The molecule has 0 unspecified atom stereocenters. The molecule has 6 atom stereocenters. The fourth-order valence-electron chi connectivity index (χ4n) is 8.77. The molecule has 3 saturated heterocycles. The van der Waals surface area contributed by atoms with Crippen LogP contribution in [0, 0.1) is 22.4 Å². The number of pyridine rings is 3. The fourth-order valence-corrected chi connectivity index (χ4v) is 11.0. The van der Waals surface area contributed by atoms with Crippen LogP contribution in [0.1, 0.15) is 105 Å². The summed E-state index contributed by atoms with van der Waals surface area (Å²) in [6, 6.07) is 17.3. The van der Waals surface area contributed by atoms with E-state index in [9.17, 15) is 24.9 Å². The number of anilines is 2. The lowest BCUT2D eigenvalue weighted by Crippen LogP contribution is -2.35. The lowest BCUT2D eigenvalue weighted by Gasteiger charge is -2.24. The van der Waals surface area contributed by atoms with Gasteiger partial charge in [0, 0.05) is 91.7 Å². The van der Waals surface area contributed by atoms with Crippen molar-refractivity contribution in [1.82, 2.24) is 49.6 Å². The van der Waals surface area contributed by atoms with Crippen molar-refractivity contribution in [3.63, 3.8) is 0 Å². The first-order valence-electron chi connectivity index (χ1n) is 28.1. The number of nitrogens with zero attached hydrogens (tertiary/aromatic N) is 9. The number of rotatable bonds is 9. The number of hydrogen-bond donors (Lipinski definition) is 6. The Hall–Kier alpha value is -6.01. The van der Waals surface area contributed by atoms with E-state index in [4.69, 9.17) is 33.2 Å². The van der Waals surface area contributed by atoms with E-state index in [1.165, 1.54) is 18.2 Å². The number of β-amino-alcohol motifs (C(OH)–C–C–N with tert-alkyl or cyclic N) is 3. The number of nitrogens with two attached hydrogens (primary N) is 2. The minimum atomic E-state index is -0.511. The van der Waals surface area contributed by atoms with Crippen LogP contribution in [0.25, 0.3) is 11.6 Å². The van der Waals surface area contributed by atoms with Gasteiger partial charge in [-0.1, -0.05) is 77.2 Å². The Balaban J connectivity index is 0.000000229. The lowest BCUT2D eigenvalue weighted by molar-refractivity contribution is 0.0261. The minimum Gasteiger partial charge on any atom is -0.444 e. The molecule has 0 spiro atoms. The van der Waals surface area contributed by atoms with Crippen molar-refractivity contribution >= 4 is 71.2 Å². The Morgan fingerprint density at radius 3 is 1.65 bits per heavy atom. The van der Waals surface area contributed by atoms with E-state index in [1.54, 1.807) is 45.7 Å². The van der Waals surface area contributed by atoms with Gasteiger partial charge in [0.25, 0.3) is 0 Å². The van der Waals surface area contributed by atoms with Gasteiger partial charge in [0.1, 0.15) is 40.1 Å². The maximum absolute atomic E-state index is 12.0. The summed E-state index contributed by atoms with van der Waals surface area (Å²) in [4.78, 5) is 56.9. The first kappa shape index (κ1) is 68.5. The average molecular weight is 1190 g/mol. The summed E-state index contributed by atoms with van der Waals surface area (Å²) in [5.74, 6) is 3.28. The number of aliphatic hydroxyl groups excluding tert-OH is 3. The van der Waals surface area contributed by atoms with Gasteiger partial charge in [0.15, 0.2) is 0 Å². The number of hydrogen-bond acceptors (Lipinski definition) is 19. The van der Waals surface area contributed by atoms with Gasteiger partial charge in [-0.05, 0) is 109 Å². The van der Waals surface area contributed by atoms with Gasteiger partial charge in [0.05, 0.1) is 52.8 Å². The topological polar surface area (TPSA) is 268 Å². The summed E-state index contributed by atoms with van der Waals surface area (Å²) in [6.07, 6.45) is 15.2. The highest BCUT2D eigenvalue weighted by Gasteiger charge is 2.37. The Kier molecular flexibility index (Phi) is 28.9. The molecule has 8 heterocycles. The third-order valence-corrected chi connectivity index (χ3v) is 15.3. The third kappa shape index (κ3) is 23.0. The summed E-state index contributed by atoms with van der Waals surface area (Å²) in [7, 11) is 0. The van der Waals surface area contributed by atoms with Crippen LogP contribution >= 0.6 is 35.7 Å². The van der Waals surface area contributed by atoms with E-state index in [0.29, 0.717) is 44.4 Å². The zero-order valence-corrected chi connectivity index (χ0v) is 52.1. The molecule has 82 heavy (non-hydrogen) atoms. The van der Waals surface area contributed by atoms with E-state index >= 15 is 0 Å². The molecule has 5 aromatic rings. The summed E-state index contributed by atoms with van der Waals surface area (Å²) >= 11 is 8.06. The first-order valence-corrected chi connectivity index (χ1v) is 30.5. The van der Waals surface area contributed by atoms with E-state index in [-0.39, 0.29) is 36.0 Å². The van der Waals surface area contributed by atoms with Gasteiger partial charge >= 0.3 is 12.2 Å². The second-order valence-electron chi connectivity index (χ2n) is 21.3. The van der Waals surface area contributed by atoms with E-state index < -0.39 is 23.4 Å². The summed E-state index contributed by atoms with van der Waals surface area (Å²) < 4.78 is 11.4. The number of thioether (sulfide) groups is 2. The summed E-state index contributed by atoms with van der Waals surface area (Å²) in [5.41, 5.74) is 15.7. The Morgan fingerprint density at radius 1 is 0.659 bits per heavy atom. The van der Waals surface area contributed by atoms with Crippen molar-refractivity contribution in [1.29, 1.82) is 0 Å². The predicted molar refractivity (Wildman–Crippen MR) is 332 cm³/mol. The second kappa shape index (κ2) is 34.6. The number of carbonyl (C=O) groups is 2. The molecule has 0 radical (unpaired) electrons. The Bertz CT molecular complexity index is 2800. The number of carbonyl (C=O) groups excluding carboxylic acids is 2. The van der Waals surface area contributed by atoms with Crippen molar-refractivity contribution in [3.05, 3.63) is 125 Å². The fraction of sp³-hybridized carbons (Fsp3) is 0.517. The Morgan fingerprint density at radius 2 is 1.17 bits per heavy atom. The van der Waals surface area contributed by atoms with Gasteiger partial charge < -0.3 is 51.0 Å². The molecule has 5 aliphatic rings. The zero-order valence-electron chi connectivity index (χ0n) is 49.6. The van der Waals surface area contributed by atoms with E-state index in [0.717, 1.165) is 81.1 Å². The Labute approximate surface area is 499 Å². The number of aliphatic hydroxyl groups is 3. The summed E-state index contributed by atoms with van der Waals surface area (Å²) in [6.45, 7) is 25.3. The van der Waals surface area contributed by atoms with Crippen LogP contribution < -0.4 is 11.5 Å². The normalized spacial score (nSPS) is 20.1. The second-order valence-corrected chi connectivity index (χ2v) is 23.8. The van der Waals surface area contributed by atoms with Crippen molar-refractivity contribution in [2.75, 3.05) is 68.8 Å². The van der Waals surface area contributed by atoms with Gasteiger partial charge in [0.2, 0.25) is 0 Å². The number of nitrogens with one attached hydrogen (secondary N) is 1. The van der Waals surface area contributed by atoms with Crippen LogP contribution in [0.4, 0.5) is 21.2 Å². The number of nitrogen functional groups attached to an aromatic ring is 2. The highest BCUT2D eigenvalue weighted by Crippen LogP contribution is 2.32. The molecule has 0 bridgehead atoms. The number of fused-ring (bicyclic) bond motifs is 2. The number of amides is 2. The van der Waals surface area contributed by atoms with Gasteiger partial charge in [-0.15, -0.1) is 23.5 Å². The molecule has 0 aromatic carbocycles. The number of ether oxygens (including phenoxy) is 2. The monoisotopic (exact) mass is 1180 g/mol. The number of H-pyrrole nitrogens is 1. The molecule has 448 valence electrons. The van der Waals surface area contributed by atoms with Gasteiger partial charge in [-0.3, -0.25) is 4.90 Å². The molecule has 5 aromatic heterocycles. The molecule has 2 amide bonds. The van der Waals surface area contributed by atoms with E-state index in [2.05, 4.69) is 45.9 Å². The standard InChI is InChI=1S/C18H21N5OS.C15H22N2O3S.C11H21NO3.C7H7N3.C5H5NS.2C2H6/c19-18-14-5-4-12(17(14)21-11-22-18)7-23-8-13(15(24)9-23)10-25-16-3-1-2-6-20-16;1-15(2,3)20-14(19)17-8-11(12(18)9-17)10-21-13-6-4-5-7-16-13;1-5-8-6-12(7-9(8)13)10(14)15-11(2,3)4;8-7-5-2-1-3-6(5)9-4-10-7;7-5-3-1-2-4-6-5;2*1-2/h1-4,6,11,13,15,24H,5,7-10H2,(H2,19,21,22);4-7,11-12,18H,8-10H2,1-3H3;8-9,13H,5-7H2,1-4H3;1,3-4H,2H2,(H2,8,9,10);1-4H,(H,6,7);2*1-2H3/t13-,15+;11-,12+;8-,9-;;;;/m110..../s1. The van der Waals surface area contributed by atoms with Gasteiger partial charge in [-0.25, -0.2) is 39.5 Å². The van der Waals surface area contributed by atoms with Crippen LogP contribution in [0.15, 0.2) is 108 Å². The smallest absolute Gasteiger partial charge is 0.410 e. The predicted octanol–water partition coefficient (Wildman–Crippen LogP) is 9.93. The quantitative estimate of drug-likeness (QED) is 0.0592. The van der Waals surface area contributed by atoms with Crippen molar-refractivity contribution < 1.29 is 34.4 Å². The highest BCUT2D eigenvalue weighted by atomic mass is 32.2. The van der Waals surface area contributed by atoms with Gasteiger partial charge in [-0.2, -0.15) is 0 Å². The van der Waals surface area contributed by atoms with Crippen LogP contribution in [0.2, 0.25) is 0 Å². The number of aromatic nitrogens is 7. The maximum Gasteiger partial charge on any atom is 0.410 e. The molecule has 0 saturated carbocycles. The molecule has 22 heteroatoms. The molecular weight excluding hydrogens is 1100 g/mol. The zero-order chi connectivity index (χ0) is 60.4. The van der Waals surface area contributed by atoms with Crippen LogP contribution in [-0.2, 0) is 22.3 Å². The number of likely N-dealkylation sites (tertiary alicyclic amines) is 3. The van der Waals surface area contributed by atoms with Crippen LogP contribution in [0.5, 0.6) is 0 Å². The number of aromatic amines is 1. The minimum absolute atomic E-state index is 0.0459. The molecule has 3 fully saturated rings. The summed E-state index contributed by atoms with van der Waals surface area (Å²) in [5, 5.41) is 32.1. The lowest BCUT2D eigenvalue weighted by atomic mass is 10.0. The molecule has 3 aliphatic heterocycles. The SMILES string of the molecule is CC.CC.CC(C)(C)OC(=O)N1C[C@H](CSc2ccccn2)[C@@H](O)C1.CC[C@H]1CN(C(=O)OC(C)(C)C)C[C@@H]1O.Nc1ncnc2c1CC=C2.Nc1ncnc2c1CC=C2CN1C[C@H](CSc2ccccn2)[C@@H](O)C1.S=c1cccc[nH]1. The molecule has 2 aliphatic carbocycles. The highest BCUT2D eigenvalue weighted by molar-refractivity contribution is 7.99. The molecule has 19 nitrogen and oxygen atoms in total. The van der Waals surface area contributed by atoms with Crippen LogP contribution in [0.3, 0.4) is 0 Å². The average Bonchev–Trinajstić information content (AvgIpc) is 4.50. The molecule has 8 N–H and O–H groups in total. The van der Waals surface area contributed by atoms with Crippen molar-refractivity contribution in [3.8, 4) is 0 Å². The number of allylic oxidation sites excluding steroid dienone is 2. The van der Waals surface area contributed by atoms with Crippen LogP contribution in [-0.4, -0.2) is 164 Å². The molecule has 10 rings (SSSR count). The van der Waals surface area contributed by atoms with E-state index in [1.807, 2.05) is 149 Å². The third-order valence-electron chi connectivity index (χ3n) is 12.8. The van der Waals surface area contributed by atoms with Crippen molar-refractivity contribution in [2.45, 2.75) is 135 Å². The maximum atomic E-state index is 12.0. The largest absolute Gasteiger partial charge is 0.444 e. The molecular formula is C60H88N12O7S3.